The molecule has 1 aromatic rings. The molecule has 112 valence electrons. The number of benzene rings is 1. The second kappa shape index (κ2) is 8.66. The number of amides is 2. The van der Waals surface area contributed by atoms with Gasteiger partial charge in [0.15, 0.2) is 0 Å². The predicted octanol–water partition coefficient (Wildman–Crippen LogP) is 3.02. The summed E-state index contributed by atoms with van der Waals surface area (Å²) in [5.41, 5.74) is 0.590. The molecule has 0 saturated heterocycles. The average Bonchev–Trinajstić information content (AvgIpc) is 2.37. The van der Waals surface area contributed by atoms with E-state index < -0.39 is 0 Å². The van der Waals surface area contributed by atoms with Crippen molar-refractivity contribution in [3.05, 3.63) is 23.2 Å². The third-order valence-corrected chi connectivity index (χ3v) is 2.89. The zero-order chi connectivity index (χ0) is 15.0. The molecular formula is C14H21ClN2O3. The van der Waals surface area contributed by atoms with Crippen LogP contribution in [0.4, 0.5) is 10.5 Å². The average molecular weight is 301 g/mol. The number of urea groups is 1. The molecule has 0 radical (unpaired) electrons. The summed E-state index contributed by atoms with van der Waals surface area (Å²) in [7, 11) is 0. The first kappa shape index (κ1) is 16.6. The Morgan fingerprint density at radius 3 is 2.85 bits per heavy atom. The smallest absolute Gasteiger partial charge is 0.319 e. The summed E-state index contributed by atoms with van der Waals surface area (Å²) in [5.74, 6) is 0.605. The molecule has 5 nitrogen and oxygen atoms in total. The quantitative estimate of drug-likeness (QED) is 0.725. The maximum Gasteiger partial charge on any atom is 0.319 e. The summed E-state index contributed by atoms with van der Waals surface area (Å²) in [6.45, 7) is 4.48. The lowest BCUT2D eigenvalue weighted by Gasteiger charge is -2.14. The number of carbonyl (C=O) groups excluding carboxylic acids is 1. The molecule has 0 aliphatic carbocycles. The Morgan fingerprint density at radius 2 is 2.25 bits per heavy atom. The molecule has 1 aromatic carbocycles. The van der Waals surface area contributed by atoms with Crippen molar-refractivity contribution in [3.8, 4) is 5.75 Å². The van der Waals surface area contributed by atoms with E-state index in [2.05, 4.69) is 10.6 Å². The fraction of sp³-hybridized carbons (Fsp3) is 0.500. The second-order valence-electron chi connectivity index (χ2n) is 4.51. The van der Waals surface area contributed by atoms with E-state index in [0.717, 1.165) is 6.42 Å². The van der Waals surface area contributed by atoms with Crippen LogP contribution in [0.5, 0.6) is 5.75 Å². The number of nitrogens with one attached hydrogen (secondary N) is 2. The Morgan fingerprint density at radius 1 is 1.50 bits per heavy atom. The van der Waals surface area contributed by atoms with Gasteiger partial charge in [0.25, 0.3) is 0 Å². The first-order valence-corrected chi connectivity index (χ1v) is 7.05. The van der Waals surface area contributed by atoms with Crippen LogP contribution < -0.4 is 15.4 Å². The summed E-state index contributed by atoms with van der Waals surface area (Å²) in [6.07, 6.45) is 1.42. The molecule has 3 N–H and O–H groups in total. The van der Waals surface area contributed by atoms with Crippen LogP contribution in [0.2, 0.25) is 5.02 Å². The van der Waals surface area contributed by atoms with E-state index in [1.807, 2.05) is 13.8 Å². The summed E-state index contributed by atoms with van der Waals surface area (Å²) >= 11 is 6.07. The number of anilines is 1. The minimum absolute atomic E-state index is 0.0384. The number of halogens is 1. The maximum absolute atomic E-state index is 11.7. The van der Waals surface area contributed by atoms with Crippen molar-refractivity contribution in [2.24, 2.45) is 0 Å². The van der Waals surface area contributed by atoms with Crippen LogP contribution in [0.15, 0.2) is 18.2 Å². The van der Waals surface area contributed by atoms with Crippen LogP contribution in [0.3, 0.4) is 0 Å². The van der Waals surface area contributed by atoms with Gasteiger partial charge in [-0.1, -0.05) is 18.5 Å². The van der Waals surface area contributed by atoms with Gasteiger partial charge in [0.2, 0.25) is 0 Å². The largest absolute Gasteiger partial charge is 0.492 e. The topological polar surface area (TPSA) is 70.6 Å². The van der Waals surface area contributed by atoms with Crippen LogP contribution in [0.1, 0.15) is 26.7 Å². The van der Waals surface area contributed by atoms with Gasteiger partial charge in [-0.25, -0.2) is 4.79 Å². The molecule has 0 saturated carbocycles. The fourth-order valence-electron chi connectivity index (χ4n) is 1.56. The fourth-order valence-corrected chi connectivity index (χ4v) is 1.80. The maximum atomic E-state index is 11.7. The Kier molecular flexibility index (Phi) is 7.18. The first-order valence-electron chi connectivity index (χ1n) is 6.67. The molecule has 0 fully saturated rings. The summed E-state index contributed by atoms with van der Waals surface area (Å²) in [5, 5.41) is 14.6. The monoisotopic (exact) mass is 300 g/mol. The lowest BCUT2D eigenvalue weighted by atomic mass is 10.2. The van der Waals surface area contributed by atoms with Crippen molar-refractivity contribution in [1.82, 2.24) is 5.32 Å². The van der Waals surface area contributed by atoms with Gasteiger partial charge in [-0.05, 0) is 38.0 Å². The molecule has 0 unspecified atom stereocenters. The van der Waals surface area contributed by atoms with Crippen molar-refractivity contribution >= 4 is 23.3 Å². The molecule has 0 heterocycles. The number of aliphatic hydroxyl groups is 1. The minimum Gasteiger partial charge on any atom is -0.492 e. The van der Waals surface area contributed by atoms with Crippen molar-refractivity contribution in [2.45, 2.75) is 32.7 Å². The lowest BCUT2D eigenvalue weighted by molar-refractivity contribution is 0.241. The summed E-state index contributed by atoms with van der Waals surface area (Å²) in [4.78, 5) is 11.7. The standard InChI is InChI=1S/C14H21ClN2O3/c1-3-8-20-13-5-4-11(9-12(13)15)17-14(19)16-10(2)6-7-18/h4-5,9-10,18H,3,6-8H2,1-2H3,(H2,16,17,19)/t10-/m1/s1. The molecule has 1 atom stereocenters. The molecule has 0 aromatic heterocycles. The van der Waals surface area contributed by atoms with Gasteiger partial charge < -0.3 is 20.5 Å². The van der Waals surface area contributed by atoms with E-state index in [9.17, 15) is 4.79 Å². The lowest BCUT2D eigenvalue weighted by Crippen LogP contribution is -2.36. The molecular weight excluding hydrogens is 280 g/mol. The minimum atomic E-state index is -0.329. The number of rotatable bonds is 7. The number of hydrogen-bond acceptors (Lipinski definition) is 3. The van der Waals surface area contributed by atoms with Gasteiger partial charge in [-0.2, -0.15) is 0 Å². The van der Waals surface area contributed by atoms with Gasteiger partial charge >= 0.3 is 6.03 Å². The van der Waals surface area contributed by atoms with E-state index in [0.29, 0.717) is 29.5 Å². The van der Waals surface area contributed by atoms with Crippen molar-refractivity contribution < 1.29 is 14.6 Å². The molecule has 0 spiro atoms. The van der Waals surface area contributed by atoms with Crippen LogP contribution in [-0.4, -0.2) is 30.4 Å². The molecule has 20 heavy (non-hydrogen) atoms. The Labute approximate surface area is 124 Å². The predicted molar refractivity (Wildman–Crippen MR) is 80.6 cm³/mol. The van der Waals surface area contributed by atoms with Crippen LogP contribution in [-0.2, 0) is 0 Å². The summed E-state index contributed by atoms with van der Waals surface area (Å²) < 4.78 is 5.45. The van der Waals surface area contributed by atoms with Gasteiger partial charge in [0, 0.05) is 18.3 Å². The third-order valence-electron chi connectivity index (χ3n) is 2.59. The highest BCUT2D eigenvalue weighted by Gasteiger charge is 2.08. The highest BCUT2D eigenvalue weighted by Crippen LogP contribution is 2.27. The highest BCUT2D eigenvalue weighted by atomic mass is 35.5. The van der Waals surface area contributed by atoms with E-state index in [1.165, 1.54) is 0 Å². The van der Waals surface area contributed by atoms with Gasteiger partial charge in [-0.15, -0.1) is 0 Å². The van der Waals surface area contributed by atoms with Crippen LogP contribution in [0.25, 0.3) is 0 Å². The van der Waals surface area contributed by atoms with E-state index in [1.54, 1.807) is 18.2 Å². The zero-order valence-corrected chi connectivity index (χ0v) is 12.5. The third kappa shape index (κ3) is 5.67. The van der Waals surface area contributed by atoms with Gasteiger partial charge in [0.1, 0.15) is 5.75 Å². The first-order chi connectivity index (χ1) is 9.56. The second-order valence-corrected chi connectivity index (χ2v) is 4.91. The number of aliphatic hydroxyl groups excluding tert-OH is 1. The normalized spacial score (nSPS) is 11.8. The Hall–Kier alpha value is -1.46. The molecule has 0 bridgehead atoms. The molecule has 0 aliphatic rings. The van der Waals surface area contributed by atoms with Gasteiger partial charge in [-0.3, -0.25) is 0 Å². The van der Waals surface area contributed by atoms with E-state index in [4.69, 9.17) is 21.4 Å². The summed E-state index contributed by atoms with van der Waals surface area (Å²) in [6, 6.07) is 4.67. The molecule has 6 heteroatoms. The van der Waals surface area contributed by atoms with Crippen molar-refractivity contribution in [1.29, 1.82) is 0 Å². The van der Waals surface area contributed by atoms with E-state index in [-0.39, 0.29) is 18.7 Å². The molecule has 1 rings (SSSR count). The van der Waals surface area contributed by atoms with Crippen LogP contribution >= 0.6 is 11.6 Å². The molecule has 2 amide bonds. The number of ether oxygens (including phenoxy) is 1. The highest BCUT2D eigenvalue weighted by molar-refractivity contribution is 6.32. The number of carbonyl (C=O) groups is 1. The SMILES string of the molecule is CCCOc1ccc(NC(=O)N[C@H](C)CCO)cc1Cl. The van der Waals surface area contributed by atoms with Crippen LogP contribution in [0, 0.1) is 0 Å². The zero-order valence-electron chi connectivity index (χ0n) is 11.8. The van der Waals surface area contributed by atoms with Gasteiger partial charge in [0.05, 0.1) is 11.6 Å². The molecule has 0 aliphatic heterocycles. The van der Waals surface area contributed by atoms with E-state index >= 15 is 0 Å². The van der Waals surface area contributed by atoms with Crippen molar-refractivity contribution in [2.75, 3.05) is 18.5 Å². The Balaban J connectivity index is 2.55. The van der Waals surface area contributed by atoms with Crippen molar-refractivity contribution in [3.63, 3.8) is 0 Å². The Bertz CT molecular complexity index is 440. The number of hydrogen-bond donors (Lipinski definition) is 3.